The maximum Gasteiger partial charge on any atom is 0.229 e. The summed E-state index contributed by atoms with van der Waals surface area (Å²) in [5.74, 6) is 0.249. The fourth-order valence-electron chi connectivity index (χ4n) is 3.11. The summed E-state index contributed by atoms with van der Waals surface area (Å²) in [5, 5.41) is 0. The highest BCUT2D eigenvalue weighted by molar-refractivity contribution is 5.81. The molecule has 2 aliphatic rings. The number of carbonyl (C=O) groups excluding carboxylic acids is 1. The number of hydrogen-bond donors (Lipinski definition) is 1. The van der Waals surface area contributed by atoms with Crippen LogP contribution in [-0.4, -0.2) is 47.9 Å². The number of rotatable bonds is 3. The van der Waals surface area contributed by atoms with Crippen LogP contribution < -0.4 is 5.73 Å². The van der Waals surface area contributed by atoms with Crippen LogP contribution in [-0.2, 0) is 11.3 Å². The molecule has 1 aliphatic carbocycles. The molecule has 1 fully saturated rings. The molecule has 1 aliphatic heterocycles. The zero-order chi connectivity index (χ0) is 14.7. The Kier molecular flexibility index (Phi) is 4.36. The number of amides is 1. The second-order valence-corrected chi connectivity index (χ2v) is 5.98. The SMILES string of the molecule is NC1C=CC(C(=O)N2CCN(Cc3ccccc3)CC2)C1. The van der Waals surface area contributed by atoms with Crippen molar-refractivity contribution in [3.05, 3.63) is 48.0 Å². The quantitative estimate of drug-likeness (QED) is 0.850. The van der Waals surface area contributed by atoms with E-state index in [9.17, 15) is 4.79 Å². The largest absolute Gasteiger partial charge is 0.340 e. The average Bonchev–Trinajstić information content (AvgIpc) is 2.95. The molecule has 0 saturated carbocycles. The molecule has 0 radical (unpaired) electrons. The van der Waals surface area contributed by atoms with E-state index in [-0.39, 0.29) is 17.9 Å². The summed E-state index contributed by atoms with van der Waals surface area (Å²) < 4.78 is 0. The van der Waals surface area contributed by atoms with Gasteiger partial charge in [-0.1, -0.05) is 42.5 Å². The molecule has 1 aromatic rings. The molecule has 2 atom stereocenters. The van der Waals surface area contributed by atoms with Gasteiger partial charge in [-0.2, -0.15) is 0 Å². The fourth-order valence-corrected chi connectivity index (χ4v) is 3.11. The molecule has 112 valence electrons. The van der Waals surface area contributed by atoms with Gasteiger partial charge in [-0.3, -0.25) is 9.69 Å². The molecular weight excluding hydrogens is 262 g/mol. The van der Waals surface area contributed by atoms with Gasteiger partial charge in [0, 0.05) is 38.8 Å². The topological polar surface area (TPSA) is 49.6 Å². The Morgan fingerprint density at radius 1 is 1.10 bits per heavy atom. The van der Waals surface area contributed by atoms with Gasteiger partial charge in [0.1, 0.15) is 0 Å². The Morgan fingerprint density at radius 3 is 2.43 bits per heavy atom. The van der Waals surface area contributed by atoms with E-state index in [1.807, 2.05) is 23.1 Å². The van der Waals surface area contributed by atoms with Gasteiger partial charge in [-0.15, -0.1) is 0 Å². The zero-order valence-corrected chi connectivity index (χ0v) is 12.3. The Hall–Kier alpha value is -1.65. The molecule has 3 rings (SSSR count). The van der Waals surface area contributed by atoms with Crippen LogP contribution in [0, 0.1) is 5.92 Å². The second kappa shape index (κ2) is 6.41. The monoisotopic (exact) mass is 285 g/mol. The molecule has 1 saturated heterocycles. The highest BCUT2D eigenvalue weighted by Crippen LogP contribution is 2.20. The number of benzene rings is 1. The number of nitrogens with zero attached hydrogens (tertiary/aromatic N) is 2. The number of nitrogens with two attached hydrogens (primary N) is 1. The van der Waals surface area contributed by atoms with Crippen LogP contribution in [0.3, 0.4) is 0 Å². The smallest absolute Gasteiger partial charge is 0.229 e. The van der Waals surface area contributed by atoms with Crippen LogP contribution in [0.2, 0.25) is 0 Å². The highest BCUT2D eigenvalue weighted by atomic mass is 16.2. The van der Waals surface area contributed by atoms with Gasteiger partial charge >= 0.3 is 0 Å². The lowest BCUT2D eigenvalue weighted by molar-refractivity contribution is -0.135. The van der Waals surface area contributed by atoms with Crippen molar-refractivity contribution in [1.82, 2.24) is 9.80 Å². The third kappa shape index (κ3) is 3.52. The van der Waals surface area contributed by atoms with Crippen molar-refractivity contribution in [2.45, 2.75) is 19.0 Å². The molecule has 1 amide bonds. The van der Waals surface area contributed by atoms with Crippen molar-refractivity contribution in [2.75, 3.05) is 26.2 Å². The Labute approximate surface area is 126 Å². The summed E-state index contributed by atoms with van der Waals surface area (Å²) in [5.41, 5.74) is 7.17. The number of carbonyl (C=O) groups is 1. The lowest BCUT2D eigenvalue weighted by atomic mass is 10.1. The summed E-state index contributed by atoms with van der Waals surface area (Å²) in [6.07, 6.45) is 4.70. The molecule has 4 nitrogen and oxygen atoms in total. The van der Waals surface area contributed by atoms with E-state index >= 15 is 0 Å². The van der Waals surface area contributed by atoms with E-state index in [1.54, 1.807) is 0 Å². The number of hydrogen-bond acceptors (Lipinski definition) is 3. The minimum Gasteiger partial charge on any atom is -0.340 e. The van der Waals surface area contributed by atoms with Gasteiger partial charge in [0.05, 0.1) is 5.92 Å². The van der Waals surface area contributed by atoms with Crippen molar-refractivity contribution in [3.8, 4) is 0 Å². The lowest BCUT2D eigenvalue weighted by Gasteiger charge is -2.35. The summed E-state index contributed by atoms with van der Waals surface area (Å²) in [6.45, 7) is 4.51. The summed E-state index contributed by atoms with van der Waals surface area (Å²) in [7, 11) is 0. The lowest BCUT2D eigenvalue weighted by Crippen LogP contribution is -2.49. The van der Waals surface area contributed by atoms with Gasteiger partial charge in [0.2, 0.25) is 5.91 Å². The van der Waals surface area contributed by atoms with Crippen LogP contribution in [0.4, 0.5) is 0 Å². The molecule has 0 bridgehead atoms. The maximum atomic E-state index is 12.4. The summed E-state index contributed by atoms with van der Waals surface area (Å²) in [4.78, 5) is 16.8. The van der Waals surface area contributed by atoms with E-state index in [0.29, 0.717) is 0 Å². The van der Waals surface area contributed by atoms with Gasteiger partial charge in [0.15, 0.2) is 0 Å². The molecule has 1 heterocycles. The third-order valence-corrected chi connectivity index (χ3v) is 4.37. The number of piperazine rings is 1. The minimum absolute atomic E-state index is 0.000623. The maximum absolute atomic E-state index is 12.4. The Balaban J connectivity index is 1.49. The van der Waals surface area contributed by atoms with Crippen LogP contribution >= 0.6 is 0 Å². The molecule has 1 aromatic carbocycles. The van der Waals surface area contributed by atoms with Crippen LogP contribution in [0.5, 0.6) is 0 Å². The first-order valence-electron chi connectivity index (χ1n) is 7.71. The van der Waals surface area contributed by atoms with Crippen LogP contribution in [0.15, 0.2) is 42.5 Å². The van der Waals surface area contributed by atoms with Crippen molar-refractivity contribution >= 4 is 5.91 Å². The molecule has 2 N–H and O–H groups in total. The van der Waals surface area contributed by atoms with Crippen LogP contribution in [0.25, 0.3) is 0 Å². The van der Waals surface area contributed by atoms with Gasteiger partial charge < -0.3 is 10.6 Å². The first-order chi connectivity index (χ1) is 10.2. The van der Waals surface area contributed by atoms with E-state index < -0.39 is 0 Å². The molecule has 0 spiro atoms. The van der Waals surface area contributed by atoms with E-state index in [2.05, 4.69) is 29.2 Å². The molecule has 4 heteroatoms. The standard InChI is InChI=1S/C17H23N3O/c18-16-7-6-15(12-16)17(21)20-10-8-19(9-11-20)13-14-4-2-1-3-5-14/h1-7,15-16H,8-13,18H2. The normalized spacial score (nSPS) is 26.2. The highest BCUT2D eigenvalue weighted by Gasteiger charge is 2.29. The summed E-state index contributed by atoms with van der Waals surface area (Å²) >= 11 is 0. The third-order valence-electron chi connectivity index (χ3n) is 4.37. The van der Waals surface area contributed by atoms with E-state index in [4.69, 9.17) is 5.73 Å². The second-order valence-electron chi connectivity index (χ2n) is 5.98. The Bertz CT molecular complexity index is 506. The van der Waals surface area contributed by atoms with Gasteiger partial charge in [-0.25, -0.2) is 0 Å². The van der Waals surface area contributed by atoms with Crippen molar-refractivity contribution in [1.29, 1.82) is 0 Å². The van der Waals surface area contributed by atoms with Crippen molar-refractivity contribution in [3.63, 3.8) is 0 Å². The first-order valence-corrected chi connectivity index (χ1v) is 7.71. The first kappa shape index (κ1) is 14.3. The van der Waals surface area contributed by atoms with E-state index in [0.717, 1.165) is 39.1 Å². The summed E-state index contributed by atoms with van der Waals surface area (Å²) in [6, 6.07) is 10.6. The van der Waals surface area contributed by atoms with Crippen LogP contribution in [0.1, 0.15) is 12.0 Å². The van der Waals surface area contributed by atoms with Gasteiger partial charge in [0.25, 0.3) is 0 Å². The molecular formula is C17H23N3O. The minimum atomic E-state index is 0.000623. The predicted molar refractivity (Wildman–Crippen MR) is 83.5 cm³/mol. The van der Waals surface area contributed by atoms with Gasteiger partial charge in [-0.05, 0) is 12.0 Å². The molecule has 2 unspecified atom stereocenters. The molecule has 21 heavy (non-hydrogen) atoms. The fraction of sp³-hybridized carbons (Fsp3) is 0.471. The van der Waals surface area contributed by atoms with Crippen molar-refractivity contribution in [2.24, 2.45) is 11.7 Å². The van der Waals surface area contributed by atoms with Crippen molar-refractivity contribution < 1.29 is 4.79 Å². The molecule has 0 aromatic heterocycles. The van der Waals surface area contributed by atoms with E-state index in [1.165, 1.54) is 5.56 Å². The zero-order valence-electron chi connectivity index (χ0n) is 12.3. The Morgan fingerprint density at radius 2 is 1.81 bits per heavy atom. The average molecular weight is 285 g/mol. The predicted octanol–water partition coefficient (Wildman–Crippen LogP) is 1.23.